The van der Waals surface area contributed by atoms with Gasteiger partial charge in [-0.05, 0) is 36.4 Å². The Morgan fingerprint density at radius 3 is 1.41 bits per heavy atom. The summed E-state index contributed by atoms with van der Waals surface area (Å²) in [5, 5.41) is 0. The number of hydrogen-bond acceptors (Lipinski definition) is 6. The smallest absolute Gasteiger partial charge is 0.153 e. The van der Waals surface area contributed by atoms with Crippen molar-refractivity contribution in [3.05, 3.63) is 107 Å². The number of benzene rings is 2. The molecule has 2 aromatic carbocycles. The van der Waals surface area contributed by atoms with Crippen LogP contribution >= 0.6 is 0 Å². The van der Waals surface area contributed by atoms with Crippen LogP contribution in [0.2, 0.25) is 0 Å². The number of pyridine rings is 2. The summed E-state index contributed by atoms with van der Waals surface area (Å²) < 4.78 is 11.5. The Bertz CT molecular complexity index is 1110. The van der Waals surface area contributed by atoms with Crippen LogP contribution in [0.3, 0.4) is 0 Å². The number of para-hydroxylation sites is 2. The predicted octanol–water partition coefficient (Wildman–Crippen LogP) is 4.93. The first-order chi connectivity index (χ1) is 15.8. The third-order valence-corrected chi connectivity index (χ3v) is 4.79. The molecule has 0 bridgehead atoms. The molecule has 0 fully saturated rings. The van der Waals surface area contributed by atoms with Crippen LogP contribution in [0.15, 0.2) is 85.2 Å². The lowest BCUT2D eigenvalue weighted by Crippen LogP contribution is -2.00. The minimum atomic E-state index is 0.310. The van der Waals surface area contributed by atoms with Gasteiger partial charge in [0.15, 0.2) is 12.6 Å². The Morgan fingerprint density at radius 2 is 1.03 bits per heavy atom. The molecule has 0 unspecified atom stereocenters. The molecule has 4 rings (SSSR count). The molecule has 4 aromatic rings. The summed E-state index contributed by atoms with van der Waals surface area (Å²) in [6, 6.07) is 21.8. The molecule has 0 N–H and O–H groups in total. The van der Waals surface area contributed by atoms with Crippen LogP contribution in [-0.2, 0) is 13.2 Å². The number of hydrogen-bond donors (Lipinski definition) is 0. The van der Waals surface area contributed by atoms with Crippen LogP contribution < -0.4 is 9.47 Å². The SMILES string of the molecule is O=Cc1ccccc1OCc1ccc(-c2ccc(COc3ccccc3C=O)cn2)nc1. The molecule has 0 saturated carbocycles. The lowest BCUT2D eigenvalue weighted by Gasteiger charge is -2.09. The van der Waals surface area contributed by atoms with E-state index in [1.165, 1.54) is 0 Å². The van der Waals surface area contributed by atoms with Gasteiger partial charge in [-0.1, -0.05) is 36.4 Å². The molecule has 0 aliphatic heterocycles. The van der Waals surface area contributed by atoms with Crippen molar-refractivity contribution in [1.29, 1.82) is 0 Å². The van der Waals surface area contributed by atoms with Crippen molar-refractivity contribution in [2.75, 3.05) is 0 Å². The summed E-state index contributed by atoms with van der Waals surface area (Å²) in [4.78, 5) is 31.1. The molecular formula is C26H20N2O4. The van der Waals surface area contributed by atoms with E-state index in [4.69, 9.17) is 9.47 Å². The molecule has 0 amide bonds. The molecule has 0 atom stereocenters. The van der Waals surface area contributed by atoms with Gasteiger partial charge in [0.2, 0.25) is 0 Å². The van der Waals surface area contributed by atoms with E-state index < -0.39 is 0 Å². The Hall–Kier alpha value is -4.32. The van der Waals surface area contributed by atoms with E-state index >= 15 is 0 Å². The molecule has 0 saturated heterocycles. The van der Waals surface area contributed by atoms with Gasteiger partial charge in [0, 0.05) is 23.5 Å². The minimum Gasteiger partial charge on any atom is -0.488 e. The summed E-state index contributed by atoms with van der Waals surface area (Å²) in [6.07, 6.45) is 5.01. The molecule has 0 radical (unpaired) electrons. The first-order valence-corrected chi connectivity index (χ1v) is 10.0. The van der Waals surface area contributed by atoms with Gasteiger partial charge in [-0.3, -0.25) is 19.6 Å². The Morgan fingerprint density at radius 1 is 0.594 bits per heavy atom. The number of carbonyl (C=O) groups is 2. The van der Waals surface area contributed by atoms with Gasteiger partial charge in [0.05, 0.1) is 22.5 Å². The fourth-order valence-electron chi connectivity index (χ4n) is 3.06. The highest BCUT2D eigenvalue weighted by Crippen LogP contribution is 2.20. The van der Waals surface area contributed by atoms with Crippen molar-refractivity contribution < 1.29 is 19.1 Å². The van der Waals surface area contributed by atoms with Crippen LogP contribution in [0, 0.1) is 0 Å². The van der Waals surface area contributed by atoms with Crippen LogP contribution in [0.5, 0.6) is 11.5 Å². The molecule has 6 nitrogen and oxygen atoms in total. The van der Waals surface area contributed by atoms with E-state index in [-0.39, 0.29) is 0 Å². The third-order valence-electron chi connectivity index (χ3n) is 4.79. The van der Waals surface area contributed by atoms with Crippen molar-refractivity contribution in [3.8, 4) is 22.9 Å². The van der Waals surface area contributed by atoms with Crippen LogP contribution in [0.1, 0.15) is 31.8 Å². The summed E-state index contributed by atoms with van der Waals surface area (Å²) in [7, 11) is 0. The van der Waals surface area contributed by atoms with E-state index in [1.807, 2.05) is 36.4 Å². The zero-order valence-corrected chi connectivity index (χ0v) is 17.2. The zero-order chi connectivity index (χ0) is 22.2. The van der Waals surface area contributed by atoms with Gasteiger partial charge in [-0.25, -0.2) is 0 Å². The highest BCUT2D eigenvalue weighted by Gasteiger charge is 2.06. The average molecular weight is 424 g/mol. The van der Waals surface area contributed by atoms with Gasteiger partial charge >= 0.3 is 0 Å². The molecule has 158 valence electrons. The Kier molecular flexibility index (Phi) is 6.63. The van der Waals surface area contributed by atoms with Crippen molar-refractivity contribution >= 4 is 12.6 Å². The fraction of sp³-hybridized carbons (Fsp3) is 0.0769. The maximum absolute atomic E-state index is 11.1. The second-order valence-electron chi connectivity index (χ2n) is 6.99. The first-order valence-electron chi connectivity index (χ1n) is 10.0. The van der Waals surface area contributed by atoms with Crippen molar-refractivity contribution in [1.82, 2.24) is 9.97 Å². The quantitative estimate of drug-likeness (QED) is 0.355. The molecule has 0 spiro atoms. The van der Waals surface area contributed by atoms with E-state index in [9.17, 15) is 9.59 Å². The van der Waals surface area contributed by atoms with Gasteiger partial charge in [0.1, 0.15) is 24.7 Å². The molecule has 0 aliphatic carbocycles. The summed E-state index contributed by atoms with van der Waals surface area (Å²) in [5.41, 5.74) is 4.27. The molecule has 0 aliphatic rings. The highest BCUT2D eigenvalue weighted by molar-refractivity contribution is 5.79. The van der Waals surface area contributed by atoms with Gasteiger partial charge in [-0.15, -0.1) is 0 Å². The van der Waals surface area contributed by atoms with Crippen molar-refractivity contribution in [2.24, 2.45) is 0 Å². The summed E-state index contributed by atoms with van der Waals surface area (Å²) in [6.45, 7) is 0.619. The van der Waals surface area contributed by atoms with Gasteiger partial charge < -0.3 is 9.47 Å². The lowest BCUT2D eigenvalue weighted by atomic mass is 10.2. The van der Waals surface area contributed by atoms with Crippen LogP contribution in [-0.4, -0.2) is 22.5 Å². The number of aldehydes is 2. The number of aromatic nitrogens is 2. The number of rotatable bonds is 9. The highest BCUT2D eigenvalue weighted by atomic mass is 16.5. The van der Waals surface area contributed by atoms with Crippen molar-refractivity contribution in [3.63, 3.8) is 0 Å². The van der Waals surface area contributed by atoms with E-state index in [0.717, 1.165) is 35.1 Å². The van der Waals surface area contributed by atoms with Gasteiger partial charge in [-0.2, -0.15) is 0 Å². The minimum absolute atomic E-state index is 0.310. The topological polar surface area (TPSA) is 78.4 Å². The normalized spacial score (nSPS) is 10.4. The number of nitrogens with zero attached hydrogens (tertiary/aromatic N) is 2. The first kappa shape index (κ1) is 20.9. The maximum Gasteiger partial charge on any atom is 0.153 e. The summed E-state index contributed by atoms with van der Waals surface area (Å²) >= 11 is 0. The van der Waals surface area contributed by atoms with Gasteiger partial charge in [0.25, 0.3) is 0 Å². The molecular weight excluding hydrogens is 404 g/mol. The van der Waals surface area contributed by atoms with E-state index in [0.29, 0.717) is 35.8 Å². The Balaban J connectivity index is 1.36. The zero-order valence-electron chi connectivity index (χ0n) is 17.2. The largest absolute Gasteiger partial charge is 0.488 e. The standard InChI is InChI=1S/C26H20N2O4/c29-15-21-5-1-3-7-25(21)31-17-19-9-11-23(27-13-19)24-12-10-20(14-28-24)18-32-26-8-4-2-6-22(26)16-30/h1-16H,17-18H2. The molecule has 2 aromatic heterocycles. The summed E-state index contributed by atoms with van der Waals surface area (Å²) in [5.74, 6) is 1.09. The van der Waals surface area contributed by atoms with Crippen LogP contribution in [0.4, 0.5) is 0 Å². The van der Waals surface area contributed by atoms with E-state index in [2.05, 4.69) is 9.97 Å². The third kappa shape index (κ3) is 5.05. The fourth-order valence-corrected chi connectivity index (χ4v) is 3.06. The van der Waals surface area contributed by atoms with E-state index in [1.54, 1.807) is 48.8 Å². The number of carbonyl (C=O) groups excluding carboxylic acids is 2. The second kappa shape index (κ2) is 10.1. The lowest BCUT2D eigenvalue weighted by molar-refractivity contribution is 0.111. The second-order valence-corrected chi connectivity index (χ2v) is 6.99. The predicted molar refractivity (Wildman–Crippen MR) is 120 cm³/mol. The molecule has 32 heavy (non-hydrogen) atoms. The average Bonchev–Trinajstić information content (AvgIpc) is 2.87. The van der Waals surface area contributed by atoms with Crippen LogP contribution in [0.25, 0.3) is 11.4 Å². The Labute approximate surface area is 185 Å². The monoisotopic (exact) mass is 424 g/mol. The molecule has 6 heteroatoms. The van der Waals surface area contributed by atoms with Crippen molar-refractivity contribution in [2.45, 2.75) is 13.2 Å². The number of ether oxygens (including phenoxy) is 2. The molecule has 2 heterocycles. The maximum atomic E-state index is 11.1.